The average molecular weight is 418 g/mol. The summed E-state index contributed by atoms with van der Waals surface area (Å²) in [5.41, 5.74) is 2.49. The van der Waals surface area contributed by atoms with Gasteiger partial charge in [0.05, 0.1) is 12.2 Å². The van der Waals surface area contributed by atoms with Crippen LogP contribution in [0.2, 0.25) is 0 Å². The zero-order valence-electron chi connectivity index (χ0n) is 17.4. The van der Waals surface area contributed by atoms with Gasteiger partial charge in [-0.25, -0.2) is 9.59 Å². The van der Waals surface area contributed by atoms with Crippen molar-refractivity contribution < 1.29 is 14.7 Å². The van der Waals surface area contributed by atoms with E-state index in [1.54, 1.807) is 6.92 Å². The van der Waals surface area contributed by atoms with E-state index in [0.29, 0.717) is 6.54 Å². The number of urea groups is 1. The molecule has 31 heavy (non-hydrogen) atoms. The van der Waals surface area contributed by atoms with Crippen molar-refractivity contribution in [2.75, 3.05) is 0 Å². The first-order valence-electron chi connectivity index (χ1n) is 10.4. The first kappa shape index (κ1) is 20.7. The van der Waals surface area contributed by atoms with Gasteiger partial charge in [-0.05, 0) is 31.2 Å². The van der Waals surface area contributed by atoms with Crippen molar-refractivity contribution in [3.8, 4) is 11.3 Å². The number of aliphatic carboxylic acids is 1. The van der Waals surface area contributed by atoms with Crippen LogP contribution >= 0.6 is 0 Å². The summed E-state index contributed by atoms with van der Waals surface area (Å²) < 4.78 is 1.86. The number of aromatic nitrogens is 2. The largest absolute Gasteiger partial charge is 0.480 e. The molecule has 0 saturated heterocycles. The van der Waals surface area contributed by atoms with E-state index in [2.05, 4.69) is 10.6 Å². The van der Waals surface area contributed by atoms with Crippen LogP contribution in [0.4, 0.5) is 4.79 Å². The fourth-order valence-corrected chi connectivity index (χ4v) is 3.73. The molecule has 7 nitrogen and oxygen atoms in total. The summed E-state index contributed by atoms with van der Waals surface area (Å²) in [6, 6.07) is 19.3. The lowest BCUT2D eigenvalue weighted by atomic mass is 9.96. The fourth-order valence-electron chi connectivity index (χ4n) is 3.73. The highest BCUT2D eigenvalue weighted by molar-refractivity contribution is 5.86. The van der Waals surface area contributed by atoms with Gasteiger partial charge in [0.2, 0.25) is 0 Å². The molecule has 1 aliphatic carbocycles. The summed E-state index contributed by atoms with van der Waals surface area (Å²) in [5, 5.41) is 19.8. The summed E-state index contributed by atoms with van der Waals surface area (Å²) in [6.45, 7) is 2.43. The molecule has 1 aliphatic rings. The van der Waals surface area contributed by atoms with Crippen LogP contribution in [0.1, 0.15) is 30.9 Å². The van der Waals surface area contributed by atoms with Crippen LogP contribution < -0.4 is 10.6 Å². The fraction of sp³-hybridized carbons (Fsp3) is 0.292. The second-order valence-corrected chi connectivity index (χ2v) is 8.14. The molecule has 0 bridgehead atoms. The Kier molecular flexibility index (Phi) is 5.75. The number of carbonyl (C=O) groups excluding carboxylic acids is 1. The summed E-state index contributed by atoms with van der Waals surface area (Å²) in [5.74, 6) is -1.03. The van der Waals surface area contributed by atoms with Gasteiger partial charge < -0.3 is 15.7 Å². The number of hydrogen-bond donors (Lipinski definition) is 3. The second kappa shape index (κ2) is 8.63. The molecule has 160 valence electrons. The Morgan fingerprint density at radius 3 is 2.35 bits per heavy atom. The molecule has 1 atom stereocenters. The Morgan fingerprint density at radius 1 is 1.10 bits per heavy atom. The molecule has 2 amide bonds. The Bertz CT molecular complexity index is 1060. The van der Waals surface area contributed by atoms with E-state index in [9.17, 15) is 14.7 Å². The number of carboxylic acids is 1. The van der Waals surface area contributed by atoms with Gasteiger partial charge >= 0.3 is 12.0 Å². The first-order chi connectivity index (χ1) is 15.0. The normalized spacial score (nSPS) is 15.1. The van der Waals surface area contributed by atoms with E-state index in [0.717, 1.165) is 35.2 Å². The minimum Gasteiger partial charge on any atom is -0.480 e. The van der Waals surface area contributed by atoms with Crippen LogP contribution in [0.3, 0.4) is 0 Å². The van der Waals surface area contributed by atoms with Crippen LogP contribution in [0.15, 0.2) is 66.9 Å². The van der Waals surface area contributed by atoms with E-state index < -0.39 is 17.5 Å². The highest BCUT2D eigenvalue weighted by atomic mass is 16.4. The molecule has 1 saturated carbocycles. The van der Waals surface area contributed by atoms with Gasteiger partial charge in [-0.2, -0.15) is 5.10 Å². The molecular weight excluding hydrogens is 392 g/mol. The molecule has 0 aliphatic heterocycles. The Hall–Kier alpha value is -3.61. The SMILES string of the molecule is CC(NC(=O)NCc1cn(Cc2ccccc2)nc1-c1ccccc1)(C(=O)O)C1CC1. The van der Waals surface area contributed by atoms with E-state index >= 15 is 0 Å². The highest BCUT2D eigenvalue weighted by Gasteiger charge is 2.48. The summed E-state index contributed by atoms with van der Waals surface area (Å²) in [6.07, 6.45) is 3.55. The molecule has 0 radical (unpaired) electrons. The van der Waals surface area contributed by atoms with Crippen LogP contribution in [-0.2, 0) is 17.9 Å². The van der Waals surface area contributed by atoms with E-state index in [1.165, 1.54) is 0 Å². The molecule has 1 heterocycles. The Labute approximate surface area is 181 Å². The zero-order chi connectivity index (χ0) is 21.8. The van der Waals surface area contributed by atoms with E-state index in [-0.39, 0.29) is 12.5 Å². The first-order valence-corrected chi connectivity index (χ1v) is 10.4. The summed E-state index contributed by atoms with van der Waals surface area (Å²) in [4.78, 5) is 24.2. The predicted octanol–water partition coefficient (Wildman–Crippen LogP) is 3.65. The molecule has 2 aromatic carbocycles. The van der Waals surface area contributed by atoms with Gasteiger partial charge in [0.15, 0.2) is 0 Å². The van der Waals surface area contributed by atoms with Crippen LogP contribution in [0.5, 0.6) is 0 Å². The van der Waals surface area contributed by atoms with Gasteiger partial charge in [0.25, 0.3) is 0 Å². The smallest absolute Gasteiger partial charge is 0.329 e. The number of carbonyl (C=O) groups is 2. The molecule has 7 heteroatoms. The maximum absolute atomic E-state index is 12.5. The topological polar surface area (TPSA) is 96.3 Å². The minimum atomic E-state index is -1.25. The monoisotopic (exact) mass is 418 g/mol. The van der Waals surface area contributed by atoms with Crippen molar-refractivity contribution in [3.05, 3.63) is 78.0 Å². The van der Waals surface area contributed by atoms with Gasteiger partial charge in [-0.1, -0.05) is 60.7 Å². The Balaban J connectivity index is 1.51. The molecule has 1 aromatic heterocycles. The minimum absolute atomic E-state index is 0.0238. The standard InChI is InChI=1S/C24H26N4O3/c1-24(22(29)30,20-12-13-20)26-23(31)25-14-19-16-28(15-17-8-4-2-5-9-17)27-21(19)18-10-6-3-7-11-18/h2-11,16,20H,12-15H2,1H3,(H,29,30)(H2,25,26,31). The number of nitrogens with zero attached hydrogens (tertiary/aromatic N) is 2. The summed E-state index contributed by atoms with van der Waals surface area (Å²) >= 11 is 0. The molecule has 0 spiro atoms. The third-order valence-electron chi connectivity index (χ3n) is 5.72. The van der Waals surface area contributed by atoms with Gasteiger partial charge in [-0.15, -0.1) is 0 Å². The lowest BCUT2D eigenvalue weighted by Gasteiger charge is -2.26. The predicted molar refractivity (Wildman–Crippen MR) is 117 cm³/mol. The lowest BCUT2D eigenvalue weighted by Crippen LogP contribution is -2.56. The third kappa shape index (κ3) is 4.77. The lowest BCUT2D eigenvalue weighted by molar-refractivity contribution is -0.144. The highest BCUT2D eigenvalue weighted by Crippen LogP contribution is 2.39. The molecule has 3 N–H and O–H groups in total. The third-order valence-corrected chi connectivity index (χ3v) is 5.72. The quantitative estimate of drug-likeness (QED) is 0.520. The molecule has 1 unspecified atom stereocenters. The van der Waals surface area contributed by atoms with E-state index in [4.69, 9.17) is 5.10 Å². The van der Waals surface area contributed by atoms with Gasteiger partial charge in [0.1, 0.15) is 5.54 Å². The molecular formula is C24H26N4O3. The van der Waals surface area contributed by atoms with Crippen LogP contribution in [-0.4, -0.2) is 32.4 Å². The average Bonchev–Trinajstić information content (AvgIpc) is 3.55. The van der Waals surface area contributed by atoms with Crippen molar-refractivity contribution in [1.29, 1.82) is 0 Å². The number of nitrogens with one attached hydrogen (secondary N) is 2. The molecule has 1 fully saturated rings. The van der Waals surface area contributed by atoms with E-state index in [1.807, 2.05) is 71.5 Å². The maximum atomic E-state index is 12.5. The number of amides is 2. The zero-order valence-corrected chi connectivity index (χ0v) is 17.4. The summed E-state index contributed by atoms with van der Waals surface area (Å²) in [7, 11) is 0. The molecule has 3 aromatic rings. The van der Waals surface area contributed by atoms with Crippen molar-refractivity contribution in [2.24, 2.45) is 5.92 Å². The van der Waals surface area contributed by atoms with Gasteiger partial charge in [0, 0.05) is 23.9 Å². The van der Waals surface area contributed by atoms with Crippen molar-refractivity contribution >= 4 is 12.0 Å². The Morgan fingerprint density at radius 2 is 1.74 bits per heavy atom. The maximum Gasteiger partial charge on any atom is 0.329 e. The van der Waals surface area contributed by atoms with Crippen LogP contribution in [0, 0.1) is 5.92 Å². The van der Waals surface area contributed by atoms with Crippen molar-refractivity contribution in [1.82, 2.24) is 20.4 Å². The van der Waals surface area contributed by atoms with Crippen molar-refractivity contribution in [3.63, 3.8) is 0 Å². The number of benzene rings is 2. The van der Waals surface area contributed by atoms with Crippen molar-refractivity contribution in [2.45, 2.75) is 38.4 Å². The number of rotatable bonds is 8. The second-order valence-electron chi connectivity index (χ2n) is 8.14. The number of carboxylic acid groups (broad SMARTS) is 1. The van der Waals surface area contributed by atoms with Gasteiger partial charge in [-0.3, -0.25) is 4.68 Å². The molecule has 4 rings (SSSR count). The van der Waals surface area contributed by atoms with Crippen LogP contribution in [0.25, 0.3) is 11.3 Å². The number of hydrogen-bond acceptors (Lipinski definition) is 3.